The van der Waals surface area contributed by atoms with Gasteiger partial charge in [0.2, 0.25) is 17.7 Å². The summed E-state index contributed by atoms with van der Waals surface area (Å²) in [6.45, 7) is 3.89. The van der Waals surface area contributed by atoms with E-state index in [0.717, 1.165) is 19.3 Å². The highest BCUT2D eigenvalue weighted by atomic mass is 16.2. The third-order valence-electron chi connectivity index (χ3n) is 5.20. The lowest BCUT2D eigenvalue weighted by Gasteiger charge is -2.19. The predicted molar refractivity (Wildman–Crippen MR) is 123 cm³/mol. The summed E-state index contributed by atoms with van der Waals surface area (Å²) >= 11 is 0. The molecule has 0 bridgehead atoms. The first-order chi connectivity index (χ1) is 15.1. The van der Waals surface area contributed by atoms with Crippen LogP contribution >= 0.6 is 0 Å². The van der Waals surface area contributed by atoms with Crippen LogP contribution in [-0.4, -0.2) is 29.5 Å². The lowest BCUT2D eigenvalue weighted by Crippen LogP contribution is -2.31. The van der Waals surface area contributed by atoms with Crippen molar-refractivity contribution in [2.24, 2.45) is 17.2 Å². The molecule has 0 radical (unpaired) electrons. The van der Waals surface area contributed by atoms with Gasteiger partial charge in [-0.25, -0.2) is 0 Å². The molecule has 2 aromatic rings. The van der Waals surface area contributed by atoms with Crippen LogP contribution in [0.15, 0.2) is 18.2 Å². The van der Waals surface area contributed by atoms with Crippen LogP contribution in [-0.2, 0) is 6.42 Å². The van der Waals surface area contributed by atoms with Gasteiger partial charge in [-0.3, -0.25) is 24.6 Å². The second kappa shape index (κ2) is 10.5. The van der Waals surface area contributed by atoms with E-state index in [1.54, 1.807) is 0 Å². The van der Waals surface area contributed by atoms with Crippen molar-refractivity contribution in [1.82, 2.24) is 5.32 Å². The average Bonchev–Trinajstić information content (AvgIpc) is 2.71. The number of rotatable bonds is 10. The fourth-order valence-electron chi connectivity index (χ4n) is 3.77. The molecule has 9 nitrogen and oxygen atoms in total. The number of amidine groups is 1. The highest BCUT2D eigenvalue weighted by Crippen LogP contribution is 2.33. The Morgan fingerprint density at radius 1 is 0.844 bits per heavy atom. The number of carbonyl (C=O) groups excluding carboxylic acids is 4. The van der Waals surface area contributed by atoms with E-state index in [1.165, 1.54) is 18.2 Å². The Morgan fingerprint density at radius 2 is 1.44 bits per heavy atom. The van der Waals surface area contributed by atoms with E-state index < -0.39 is 23.6 Å². The zero-order valence-corrected chi connectivity index (χ0v) is 18.3. The molecule has 9 heteroatoms. The Morgan fingerprint density at radius 3 is 1.94 bits per heavy atom. The van der Waals surface area contributed by atoms with E-state index in [1.807, 2.05) is 13.8 Å². The number of primary amides is 3. The summed E-state index contributed by atoms with van der Waals surface area (Å²) in [5, 5.41) is 10.5. The Balaban J connectivity index is 2.98. The standard InChI is InChI=1S/C23H29N5O4/c1-3-5-6-8-12-11-15(23(32)28-16(24)7-4-2)18-13(20(25)29)9-10-14(21(26)30)19(18)17(12)22(27)31/h9-11H,3-8H2,1-2H3,(H2,25,29)(H2,26,30)(H2,27,31)(H2,24,28,32). The zero-order valence-electron chi connectivity index (χ0n) is 18.3. The first kappa shape index (κ1) is 24.5. The van der Waals surface area contributed by atoms with Gasteiger partial charge in [-0.2, -0.15) is 0 Å². The van der Waals surface area contributed by atoms with Crippen molar-refractivity contribution in [3.63, 3.8) is 0 Å². The summed E-state index contributed by atoms with van der Waals surface area (Å²) in [5.74, 6) is -3.15. The first-order valence-corrected chi connectivity index (χ1v) is 10.5. The first-order valence-electron chi connectivity index (χ1n) is 10.5. The maximum atomic E-state index is 13.1. The molecule has 8 N–H and O–H groups in total. The molecule has 0 heterocycles. The van der Waals surface area contributed by atoms with Crippen LogP contribution in [0, 0.1) is 5.41 Å². The third-order valence-corrected chi connectivity index (χ3v) is 5.20. The van der Waals surface area contributed by atoms with Gasteiger partial charge in [0.25, 0.3) is 5.91 Å². The van der Waals surface area contributed by atoms with Gasteiger partial charge in [-0.1, -0.05) is 26.7 Å². The maximum Gasteiger partial charge on any atom is 0.257 e. The van der Waals surface area contributed by atoms with Gasteiger partial charge in [0.15, 0.2) is 0 Å². The van der Waals surface area contributed by atoms with Crippen molar-refractivity contribution < 1.29 is 19.2 Å². The summed E-state index contributed by atoms with van der Waals surface area (Å²) in [6, 6.07) is 4.08. The van der Waals surface area contributed by atoms with E-state index in [-0.39, 0.29) is 38.9 Å². The molecule has 0 saturated heterocycles. The van der Waals surface area contributed by atoms with Crippen molar-refractivity contribution in [3.05, 3.63) is 46.0 Å². The summed E-state index contributed by atoms with van der Waals surface area (Å²) in [6.07, 6.45) is 3.95. The van der Waals surface area contributed by atoms with Gasteiger partial charge in [0.1, 0.15) is 0 Å². The lowest BCUT2D eigenvalue weighted by molar-refractivity contribution is 0.0970. The fourth-order valence-corrected chi connectivity index (χ4v) is 3.77. The van der Waals surface area contributed by atoms with Crippen molar-refractivity contribution >= 4 is 40.2 Å². The molecule has 170 valence electrons. The Bertz CT molecular complexity index is 1110. The van der Waals surface area contributed by atoms with Gasteiger partial charge in [-0.05, 0) is 43.0 Å². The number of carbonyl (C=O) groups is 4. The minimum absolute atomic E-state index is 0.00356. The van der Waals surface area contributed by atoms with Crippen LogP contribution in [0.2, 0.25) is 0 Å². The quantitative estimate of drug-likeness (QED) is 0.216. The Hall–Kier alpha value is -3.75. The monoisotopic (exact) mass is 439 g/mol. The number of amides is 4. The highest BCUT2D eigenvalue weighted by Gasteiger charge is 2.26. The van der Waals surface area contributed by atoms with Gasteiger partial charge in [-0.15, -0.1) is 0 Å². The normalized spacial score (nSPS) is 10.7. The molecule has 0 aliphatic rings. The molecule has 4 amide bonds. The number of fused-ring (bicyclic) bond motifs is 1. The van der Waals surface area contributed by atoms with Crippen molar-refractivity contribution in [2.45, 2.75) is 52.4 Å². The predicted octanol–water partition coefficient (Wildman–Crippen LogP) is 2.38. The number of hydrogen-bond acceptors (Lipinski definition) is 5. The van der Waals surface area contributed by atoms with Gasteiger partial charge >= 0.3 is 0 Å². The van der Waals surface area contributed by atoms with Crippen molar-refractivity contribution in [3.8, 4) is 0 Å². The van der Waals surface area contributed by atoms with Crippen LogP contribution in [0.1, 0.15) is 92.9 Å². The summed E-state index contributed by atoms with van der Waals surface area (Å²) < 4.78 is 0. The number of hydrogen-bond donors (Lipinski definition) is 5. The Labute approximate surface area is 186 Å². The Kier molecular flexibility index (Phi) is 8.06. The molecule has 0 atom stereocenters. The van der Waals surface area contributed by atoms with Crippen molar-refractivity contribution in [1.29, 1.82) is 5.41 Å². The summed E-state index contributed by atoms with van der Waals surface area (Å²) in [7, 11) is 0. The van der Waals surface area contributed by atoms with E-state index in [9.17, 15) is 19.2 Å². The summed E-state index contributed by atoms with van der Waals surface area (Å²) in [4.78, 5) is 50.0. The van der Waals surface area contributed by atoms with Crippen LogP contribution in [0.3, 0.4) is 0 Å². The topological polar surface area (TPSA) is 182 Å². The number of nitrogens with one attached hydrogen (secondary N) is 2. The molecule has 0 fully saturated rings. The second-order valence-corrected chi connectivity index (χ2v) is 7.60. The van der Waals surface area contributed by atoms with Gasteiger partial charge in [0.05, 0.1) is 11.4 Å². The van der Waals surface area contributed by atoms with Crippen LogP contribution in [0.4, 0.5) is 0 Å². The molecule has 0 aliphatic heterocycles. The molecular weight excluding hydrogens is 410 g/mol. The van der Waals surface area contributed by atoms with Crippen LogP contribution in [0.5, 0.6) is 0 Å². The number of aryl methyl sites for hydroxylation is 1. The highest BCUT2D eigenvalue weighted by molar-refractivity contribution is 6.25. The molecule has 0 unspecified atom stereocenters. The minimum Gasteiger partial charge on any atom is -0.366 e. The van der Waals surface area contributed by atoms with E-state index in [4.69, 9.17) is 22.6 Å². The molecule has 2 rings (SSSR count). The zero-order chi connectivity index (χ0) is 24.0. The lowest BCUT2D eigenvalue weighted by atomic mass is 9.86. The molecule has 0 spiro atoms. The van der Waals surface area contributed by atoms with Crippen LogP contribution < -0.4 is 22.5 Å². The van der Waals surface area contributed by atoms with Crippen LogP contribution in [0.25, 0.3) is 10.8 Å². The maximum absolute atomic E-state index is 13.1. The van der Waals surface area contributed by atoms with Crippen molar-refractivity contribution in [2.75, 3.05) is 0 Å². The van der Waals surface area contributed by atoms with Gasteiger partial charge in [0, 0.05) is 33.9 Å². The number of nitrogens with two attached hydrogens (primary N) is 3. The van der Waals surface area contributed by atoms with E-state index >= 15 is 0 Å². The molecule has 0 aromatic heterocycles. The number of benzene rings is 2. The molecule has 2 aromatic carbocycles. The largest absolute Gasteiger partial charge is 0.366 e. The van der Waals surface area contributed by atoms with E-state index in [0.29, 0.717) is 24.8 Å². The molecular formula is C23H29N5O4. The third kappa shape index (κ3) is 5.11. The summed E-state index contributed by atoms with van der Waals surface area (Å²) in [5.41, 5.74) is 17.2. The minimum atomic E-state index is -0.849. The fraction of sp³-hybridized carbons (Fsp3) is 0.348. The number of unbranched alkanes of at least 4 members (excludes halogenated alkanes) is 2. The smallest absolute Gasteiger partial charge is 0.257 e. The molecule has 0 saturated carbocycles. The van der Waals surface area contributed by atoms with Gasteiger partial charge < -0.3 is 22.5 Å². The SMILES string of the molecule is CCCCCc1cc(C(=O)NC(=N)CCC)c2c(C(N)=O)ccc(C(N)=O)c2c1C(N)=O. The van der Waals surface area contributed by atoms with E-state index in [2.05, 4.69) is 5.32 Å². The second-order valence-electron chi connectivity index (χ2n) is 7.60. The average molecular weight is 440 g/mol. The molecule has 0 aliphatic carbocycles. The molecule has 32 heavy (non-hydrogen) atoms.